The molecule has 1 unspecified atom stereocenters. The van der Waals surface area contributed by atoms with E-state index in [0.29, 0.717) is 5.92 Å². The van der Waals surface area contributed by atoms with Crippen LogP contribution in [0.3, 0.4) is 0 Å². The van der Waals surface area contributed by atoms with Crippen molar-refractivity contribution in [3.63, 3.8) is 0 Å². The van der Waals surface area contributed by atoms with E-state index in [1.165, 1.54) is 5.01 Å². The van der Waals surface area contributed by atoms with E-state index < -0.39 is 0 Å². The molecule has 0 saturated heterocycles. The van der Waals surface area contributed by atoms with Gasteiger partial charge in [0.05, 0.1) is 5.01 Å². The molecule has 0 spiro atoms. The highest BCUT2D eigenvalue weighted by Crippen LogP contribution is 2.27. The van der Waals surface area contributed by atoms with Crippen molar-refractivity contribution in [2.75, 3.05) is 13.6 Å². The van der Waals surface area contributed by atoms with Crippen LogP contribution in [0.15, 0.2) is 17.0 Å². The second-order valence-electron chi connectivity index (χ2n) is 3.37. The average molecular weight is 239 g/mol. The number of nitrogens with one attached hydrogen (secondary N) is 1. The third-order valence-corrected chi connectivity index (χ3v) is 3.98. The summed E-state index contributed by atoms with van der Waals surface area (Å²) in [4.78, 5) is 8.85. The highest BCUT2D eigenvalue weighted by Gasteiger charge is 2.11. The van der Waals surface area contributed by atoms with E-state index >= 15 is 0 Å². The minimum atomic E-state index is 0.466. The van der Waals surface area contributed by atoms with Crippen molar-refractivity contribution in [1.82, 2.24) is 15.3 Å². The van der Waals surface area contributed by atoms with Gasteiger partial charge in [-0.2, -0.15) is 0 Å². The zero-order chi connectivity index (χ0) is 10.7. The van der Waals surface area contributed by atoms with E-state index in [2.05, 4.69) is 27.6 Å². The molecule has 0 aliphatic rings. The van der Waals surface area contributed by atoms with Gasteiger partial charge in [-0.1, -0.05) is 6.92 Å². The van der Waals surface area contributed by atoms with Gasteiger partial charge >= 0.3 is 0 Å². The molecule has 0 saturated carbocycles. The van der Waals surface area contributed by atoms with E-state index in [4.69, 9.17) is 0 Å². The van der Waals surface area contributed by atoms with Crippen LogP contribution in [0.1, 0.15) is 17.8 Å². The molecule has 2 heterocycles. The van der Waals surface area contributed by atoms with Crippen molar-refractivity contribution in [1.29, 1.82) is 0 Å². The topological polar surface area (TPSA) is 37.8 Å². The third-order valence-electron chi connectivity index (χ3n) is 2.11. The molecule has 3 nitrogen and oxygen atoms in total. The van der Waals surface area contributed by atoms with E-state index in [0.717, 1.165) is 17.2 Å². The lowest BCUT2D eigenvalue weighted by atomic mass is 10.2. The molecule has 80 valence electrons. The largest absolute Gasteiger partial charge is 0.319 e. The minimum absolute atomic E-state index is 0.466. The molecule has 0 aliphatic heterocycles. The Balaban J connectivity index is 2.17. The molecule has 0 radical (unpaired) electrons. The first-order valence-electron chi connectivity index (χ1n) is 4.81. The number of thiazole rings is 2. The molecule has 0 aromatic carbocycles. The predicted octanol–water partition coefficient (Wildman–Crippen LogP) is 2.59. The van der Waals surface area contributed by atoms with Crippen molar-refractivity contribution in [2.45, 2.75) is 12.8 Å². The van der Waals surface area contributed by atoms with Crippen LogP contribution in [0.25, 0.3) is 10.7 Å². The zero-order valence-electron chi connectivity index (χ0n) is 8.73. The van der Waals surface area contributed by atoms with E-state index in [-0.39, 0.29) is 0 Å². The van der Waals surface area contributed by atoms with E-state index in [9.17, 15) is 0 Å². The smallest absolute Gasteiger partial charge is 0.142 e. The second kappa shape index (κ2) is 4.83. The summed E-state index contributed by atoms with van der Waals surface area (Å²) < 4.78 is 0. The maximum atomic E-state index is 4.60. The van der Waals surface area contributed by atoms with Crippen LogP contribution in [-0.4, -0.2) is 23.6 Å². The average Bonchev–Trinajstić information content (AvgIpc) is 2.89. The lowest BCUT2D eigenvalue weighted by Crippen LogP contribution is -2.14. The van der Waals surface area contributed by atoms with E-state index in [1.54, 1.807) is 22.7 Å². The van der Waals surface area contributed by atoms with Gasteiger partial charge in [0, 0.05) is 29.4 Å². The van der Waals surface area contributed by atoms with Gasteiger partial charge in [-0.15, -0.1) is 22.7 Å². The molecule has 0 aliphatic carbocycles. The fourth-order valence-corrected chi connectivity index (χ4v) is 2.89. The van der Waals surface area contributed by atoms with Crippen molar-refractivity contribution in [3.05, 3.63) is 22.0 Å². The number of nitrogens with zero attached hydrogens (tertiary/aromatic N) is 2. The van der Waals surface area contributed by atoms with Gasteiger partial charge in [0.2, 0.25) is 0 Å². The third kappa shape index (κ3) is 2.42. The van der Waals surface area contributed by atoms with Crippen LogP contribution in [0.5, 0.6) is 0 Å². The Kier molecular flexibility index (Phi) is 3.45. The summed E-state index contributed by atoms with van der Waals surface area (Å²) in [5.74, 6) is 0.466. The van der Waals surface area contributed by atoms with Gasteiger partial charge in [0.15, 0.2) is 0 Å². The molecule has 1 atom stereocenters. The van der Waals surface area contributed by atoms with Gasteiger partial charge < -0.3 is 5.32 Å². The Morgan fingerprint density at radius 3 is 3.00 bits per heavy atom. The Labute approximate surface area is 97.2 Å². The van der Waals surface area contributed by atoms with Crippen LogP contribution in [0.4, 0.5) is 0 Å². The van der Waals surface area contributed by atoms with Crippen molar-refractivity contribution in [3.8, 4) is 10.7 Å². The van der Waals surface area contributed by atoms with E-state index in [1.807, 2.05) is 18.6 Å². The molecule has 1 N–H and O–H groups in total. The van der Waals surface area contributed by atoms with Gasteiger partial charge in [-0.05, 0) is 7.05 Å². The van der Waals surface area contributed by atoms with Crippen molar-refractivity contribution >= 4 is 22.7 Å². The maximum absolute atomic E-state index is 4.60. The minimum Gasteiger partial charge on any atom is -0.319 e. The normalized spacial score (nSPS) is 12.9. The summed E-state index contributed by atoms with van der Waals surface area (Å²) in [5.41, 5.74) is 1.01. The predicted molar refractivity (Wildman–Crippen MR) is 65.6 cm³/mol. The molecule has 0 bridgehead atoms. The maximum Gasteiger partial charge on any atom is 0.142 e. The van der Waals surface area contributed by atoms with Gasteiger partial charge in [-0.25, -0.2) is 9.97 Å². The number of likely N-dealkylation sites (N-methyl/N-ethyl adjacent to an activating group) is 1. The van der Waals surface area contributed by atoms with Crippen molar-refractivity contribution in [2.24, 2.45) is 0 Å². The van der Waals surface area contributed by atoms with Gasteiger partial charge in [0.1, 0.15) is 10.7 Å². The SMILES string of the molecule is CNCC(C)c1nc(-c2nccs2)cs1. The quantitative estimate of drug-likeness (QED) is 0.891. The molecule has 15 heavy (non-hydrogen) atoms. The summed E-state index contributed by atoms with van der Waals surface area (Å²) in [5, 5.41) is 9.41. The standard InChI is InChI=1S/C10H13N3S2/c1-7(5-11-2)9-13-8(6-15-9)10-12-3-4-14-10/h3-4,6-7,11H,5H2,1-2H3. The summed E-state index contributed by atoms with van der Waals surface area (Å²) in [6, 6.07) is 0. The Morgan fingerprint density at radius 2 is 2.33 bits per heavy atom. The van der Waals surface area contributed by atoms with Gasteiger partial charge in [0.25, 0.3) is 0 Å². The number of hydrogen-bond donors (Lipinski definition) is 1. The number of aromatic nitrogens is 2. The van der Waals surface area contributed by atoms with Crippen LogP contribution in [0.2, 0.25) is 0 Å². The summed E-state index contributed by atoms with van der Waals surface area (Å²) in [7, 11) is 1.96. The van der Waals surface area contributed by atoms with Crippen LogP contribution < -0.4 is 5.32 Å². The van der Waals surface area contributed by atoms with Crippen LogP contribution >= 0.6 is 22.7 Å². The first kappa shape index (κ1) is 10.7. The Bertz CT molecular complexity index is 408. The summed E-state index contributed by atoms with van der Waals surface area (Å²) >= 11 is 3.34. The summed E-state index contributed by atoms with van der Waals surface area (Å²) in [6.45, 7) is 3.14. The fourth-order valence-electron chi connectivity index (χ4n) is 1.36. The monoisotopic (exact) mass is 239 g/mol. The summed E-state index contributed by atoms with van der Waals surface area (Å²) in [6.07, 6.45) is 1.82. The number of rotatable bonds is 4. The molecule has 0 amide bonds. The molecule has 2 aromatic heterocycles. The first-order chi connectivity index (χ1) is 7.31. The fraction of sp³-hybridized carbons (Fsp3) is 0.400. The van der Waals surface area contributed by atoms with Crippen LogP contribution in [-0.2, 0) is 0 Å². The van der Waals surface area contributed by atoms with Crippen LogP contribution in [0, 0.1) is 0 Å². The Morgan fingerprint density at radius 1 is 1.47 bits per heavy atom. The highest BCUT2D eigenvalue weighted by molar-refractivity contribution is 7.14. The molecule has 2 aromatic rings. The highest BCUT2D eigenvalue weighted by atomic mass is 32.1. The molecule has 2 rings (SSSR count). The lowest BCUT2D eigenvalue weighted by molar-refractivity contribution is 0.674. The molecular formula is C10H13N3S2. The van der Waals surface area contributed by atoms with Gasteiger partial charge in [-0.3, -0.25) is 0 Å². The lowest BCUT2D eigenvalue weighted by Gasteiger charge is -2.05. The Hall–Kier alpha value is -0.780. The zero-order valence-corrected chi connectivity index (χ0v) is 10.4. The molecule has 0 fully saturated rings. The van der Waals surface area contributed by atoms with Crippen molar-refractivity contribution < 1.29 is 0 Å². The second-order valence-corrected chi connectivity index (χ2v) is 5.15. The molecular weight excluding hydrogens is 226 g/mol. The molecule has 5 heteroatoms. The first-order valence-corrected chi connectivity index (χ1v) is 6.57. The number of hydrogen-bond acceptors (Lipinski definition) is 5.